The molecule has 0 radical (unpaired) electrons. The first-order valence-electron chi connectivity index (χ1n) is 11.1. The summed E-state index contributed by atoms with van der Waals surface area (Å²) in [6.07, 6.45) is 2.13. The molecule has 1 aliphatic carbocycles. The first-order chi connectivity index (χ1) is 15.2. The molecule has 7 nitrogen and oxygen atoms in total. The van der Waals surface area contributed by atoms with Crippen molar-refractivity contribution in [1.82, 2.24) is 20.4 Å². The normalized spacial score (nSPS) is 22.1. The summed E-state index contributed by atoms with van der Waals surface area (Å²) >= 11 is 0. The summed E-state index contributed by atoms with van der Waals surface area (Å²) < 4.78 is 6.15. The molecular weight excluding hydrogens is 392 g/mol. The van der Waals surface area contributed by atoms with Crippen molar-refractivity contribution in [2.24, 2.45) is 0 Å². The second-order valence-corrected chi connectivity index (χ2v) is 8.45. The van der Waals surface area contributed by atoms with Gasteiger partial charge in [-0.2, -0.15) is 0 Å². The molecule has 3 aliphatic rings. The molecule has 162 valence electrons. The molecule has 2 aromatic rings. The number of carbonyl (C=O) groups excluding carboxylic acids is 2. The zero-order valence-electron chi connectivity index (χ0n) is 17.5. The largest absolute Gasteiger partial charge is 0.431 e. The van der Waals surface area contributed by atoms with Gasteiger partial charge in [0.1, 0.15) is 6.04 Å². The van der Waals surface area contributed by atoms with E-state index in [2.05, 4.69) is 10.6 Å². The average Bonchev–Trinajstić information content (AvgIpc) is 3.60. The summed E-state index contributed by atoms with van der Waals surface area (Å²) in [5, 5.41) is 6.42. The van der Waals surface area contributed by atoms with E-state index in [0.29, 0.717) is 32.2 Å². The first-order valence-corrected chi connectivity index (χ1v) is 11.1. The molecule has 0 bridgehead atoms. The van der Waals surface area contributed by atoms with Crippen LogP contribution in [0.3, 0.4) is 0 Å². The van der Waals surface area contributed by atoms with Crippen LogP contribution in [0, 0.1) is 0 Å². The highest BCUT2D eigenvalue weighted by Crippen LogP contribution is 2.45. The standard InChI is InChI=1S/C24H28N4O3/c29-22(26-14-13-25-20-11-12-20)27-15-16-28-21(17-27)24(31-23(28)30,18-7-3-1-4-8-18)19-9-5-2-6-10-19/h1-10,20-21,25H,11-17H2,(H,26,29). The number of carbonyl (C=O) groups is 2. The molecule has 7 heteroatoms. The maximum absolute atomic E-state index is 12.9. The summed E-state index contributed by atoms with van der Waals surface area (Å²) in [5.41, 5.74) is 0.877. The third-order valence-corrected chi connectivity index (χ3v) is 6.44. The molecule has 2 N–H and O–H groups in total. The number of hydrogen-bond donors (Lipinski definition) is 2. The van der Waals surface area contributed by atoms with Crippen molar-refractivity contribution in [3.05, 3.63) is 71.8 Å². The van der Waals surface area contributed by atoms with Crippen molar-refractivity contribution in [3.63, 3.8) is 0 Å². The highest BCUT2D eigenvalue weighted by molar-refractivity contribution is 5.77. The number of rotatable bonds is 6. The van der Waals surface area contributed by atoms with Gasteiger partial charge in [0.25, 0.3) is 0 Å². The maximum atomic E-state index is 12.9. The van der Waals surface area contributed by atoms with Crippen LogP contribution in [0.4, 0.5) is 9.59 Å². The van der Waals surface area contributed by atoms with Crippen LogP contribution in [-0.2, 0) is 10.3 Å². The Morgan fingerprint density at radius 2 is 1.61 bits per heavy atom. The fourth-order valence-electron chi connectivity index (χ4n) is 4.68. The highest BCUT2D eigenvalue weighted by Gasteiger charge is 2.58. The molecular formula is C24H28N4O3. The van der Waals surface area contributed by atoms with Gasteiger partial charge in [0.05, 0.1) is 0 Å². The molecule has 2 saturated heterocycles. The first kappa shape index (κ1) is 19.9. The summed E-state index contributed by atoms with van der Waals surface area (Å²) in [6, 6.07) is 19.9. The SMILES string of the molecule is O=C(NCCNC1CC1)N1CCN2C(=O)OC(c3ccccc3)(c3ccccc3)C2C1. The van der Waals surface area contributed by atoms with Gasteiger partial charge >= 0.3 is 12.1 Å². The van der Waals surface area contributed by atoms with Crippen LogP contribution in [-0.4, -0.2) is 66.7 Å². The topological polar surface area (TPSA) is 73.9 Å². The number of cyclic esters (lactones) is 1. The average molecular weight is 421 g/mol. The summed E-state index contributed by atoms with van der Waals surface area (Å²) in [4.78, 5) is 29.3. The van der Waals surface area contributed by atoms with Crippen molar-refractivity contribution in [3.8, 4) is 0 Å². The molecule has 1 atom stereocenters. The van der Waals surface area contributed by atoms with E-state index in [1.807, 2.05) is 60.7 Å². The van der Waals surface area contributed by atoms with Crippen molar-refractivity contribution >= 4 is 12.1 Å². The summed E-state index contributed by atoms with van der Waals surface area (Å²) in [5.74, 6) is 0. The number of nitrogens with zero attached hydrogens (tertiary/aromatic N) is 2. The fourth-order valence-corrected chi connectivity index (χ4v) is 4.68. The van der Waals surface area contributed by atoms with Crippen LogP contribution in [0.2, 0.25) is 0 Å². The van der Waals surface area contributed by atoms with E-state index < -0.39 is 5.60 Å². The molecule has 0 aromatic heterocycles. The number of piperazine rings is 1. The van der Waals surface area contributed by atoms with Crippen LogP contribution in [0.5, 0.6) is 0 Å². The Bertz CT molecular complexity index is 893. The van der Waals surface area contributed by atoms with Gasteiger partial charge in [0, 0.05) is 49.9 Å². The lowest BCUT2D eigenvalue weighted by Crippen LogP contribution is -2.60. The van der Waals surface area contributed by atoms with E-state index >= 15 is 0 Å². The molecule has 3 fully saturated rings. The minimum absolute atomic E-state index is 0.0911. The van der Waals surface area contributed by atoms with E-state index in [1.165, 1.54) is 12.8 Å². The highest BCUT2D eigenvalue weighted by atomic mass is 16.6. The summed E-state index contributed by atoms with van der Waals surface area (Å²) in [6.45, 7) is 2.74. The Morgan fingerprint density at radius 1 is 0.968 bits per heavy atom. The predicted octanol–water partition coefficient (Wildman–Crippen LogP) is 2.53. The Labute approximate surface area is 182 Å². The molecule has 5 rings (SSSR count). The third kappa shape index (κ3) is 3.74. The molecule has 1 saturated carbocycles. The van der Waals surface area contributed by atoms with Crippen molar-refractivity contribution in [1.29, 1.82) is 0 Å². The Morgan fingerprint density at radius 3 is 2.23 bits per heavy atom. The second kappa shape index (κ2) is 8.23. The van der Waals surface area contributed by atoms with E-state index in [4.69, 9.17) is 4.74 Å². The summed E-state index contributed by atoms with van der Waals surface area (Å²) in [7, 11) is 0. The lowest BCUT2D eigenvalue weighted by molar-refractivity contribution is 0.0512. The quantitative estimate of drug-likeness (QED) is 0.705. The molecule has 1 unspecified atom stereocenters. The molecule has 2 heterocycles. The zero-order valence-corrected chi connectivity index (χ0v) is 17.5. The van der Waals surface area contributed by atoms with Gasteiger partial charge in [-0.05, 0) is 12.8 Å². The number of nitrogens with one attached hydrogen (secondary N) is 2. The number of hydrogen-bond acceptors (Lipinski definition) is 4. The van der Waals surface area contributed by atoms with Gasteiger partial charge in [0.2, 0.25) is 0 Å². The Hall–Kier alpha value is -3.06. The molecule has 2 aliphatic heterocycles. The minimum atomic E-state index is -0.952. The van der Waals surface area contributed by atoms with E-state index in [9.17, 15) is 9.59 Å². The van der Waals surface area contributed by atoms with Crippen molar-refractivity contribution in [2.45, 2.75) is 30.5 Å². The van der Waals surface area contributed by atoms with Gasteiger partial charge in [-0.15, -0.1) is 0 Å². The van der Waals surface area contributed by atoms with Crippen molar-refractivity contribution in [2.75, 3.05) is 32.7 Å². The minimum Gasteiger partial charge on any atom is -0.431 e. The van der Waals surface area contributed by atoms with Crippen molar-refractivity contribution < 1.29 is 14.3 Å². The molecule has 0 spiro atoms. The van der Waals surface area contributed by atoms with Gasteiger partial charge in [0.15, 0.2) is 5.60 Å². The lowest BCUT2D eigenvalue weighted by Gasteiger charge is -2.42. The van der Waals surface area contributed by atoms with Gasteiger partial charge in [-0.3, -0.25) is 4.90 Å². The number of amides is 3. The van der Waals surface area contributed by atoms with E-state index in [-0.39, 0.29) is 18.2 Å². The second-order valence-electron chi connectivity index (χ2n) is 8.45. The smallest absolute Gasteiger partial charge is 0.411 e. The van der Waals surface area contributed by atoms with Gasteiger partial charge in [-0.1, -0.05) is 60.7 Å². The maximum Gasteiger partial charge on any atom is 0.411 e. The van der Waals surface area contributed by atoms with E-state index in [0.717, 1.165) is 17.7 Å². The van der Waals surface area contributed by atoms with Gasteiger partial charge < -0.3 is 20.3 Å². The Kier molecular flexibility index (Phi) is 5.28. The Balaban J connectivity index is 1.40. The molecule has 3 amide bonds. The van der Waals surface area contributed by atoms with Gasteiger partial charge in [-0.25, -0.2) is 9.59 Å². The lowest BCUT2D eigenvalue weighted by atomic mass is 9.79. The van der Waals surface area contributed by atoms with Crippen LogP contribution in [0.15, 0.2) is 60.7 Å². The number of urea groups is 1. The third-order valence-electron chi connectivity index (χ3n) is 6.44. The number of ether oxygens (including phenoxy) is 1. The fraction of sp³-hybridized carbons (Fsp3) is 0.417. The number of fused-ring (bicyclic) bond motifs is 1. The molecule has 31 heavy (non-hydrogen) atoms. The zero-order chi connectivity index (χ0) is 21.3. The van der Waals surface area contributed by atoms with E-state index in [1.54, 1.807) is 9.80 Å². The number of benzene rings is 2. The van der Waals surface area contributed by atoms with Crippen LogP contribution in [0.1, 0.15) is 24.0 Å². The molecule has 2 aromatic carbocycles. The predicted molar refractivity (Wildman–Crippen MR) is 117 cm³/mol. The van der Waals surface area contributed by atoms with Crippen LogP contribution in [0.25, 0.3) is 0 Å². The van der Waals surface area contributed by atoms with Crippen LogP contribution < -0.4 is 10.6 Å². The monoisotopic (exact) mass is 420 g/mol. The van der Waals surface area contributed by atoms with Crippen LogP contribution >= 0.6 is 0 Å².